The minimum atomic E-state index is -0.402. The Bertz CT molecular complexity index is 690. The highest BCUT2D eigenvalue weighted by atomic mass is 16.1. The van der Waals surface area contributed by atoms with Crippen LogP contribution >= 0.6 is 0 Å². The predicted octanol–water partition coefficient (Wildman–Crippen LogP) is 4.22. The molecule has 1 atom stereocenters. The molecule has 1 aromatic rings. The summed E-state index contributed by atoms with van der Waals surface area (Å²) in [5, 5.41) is 0. The average molecular weight is 262 g/mol. The molecule has 0 aliphatic heterocycles. The maximum Gasteiger partial charge on any atom is 0.147 e. The molecular weight excluding hydrogens is 244 g/mol. The van der Waals surface area contributed by atoms with Gasteiger partial charge in [0.15, 0.2) is 0 Å². The summed E-state index contributed by atoms with van der Waals surface area (Å²) in [4.78, 5) is 12.7. The number of Topliss-reactive ketones (excluding diaryl/α,β-unsaturated/α-hetero) is 1. The SMILES string of the molecule is C=C1CC2(C=CCCC2=O)c2c1ccc1c2CCC=C1. The summed E-state index contributed by atoms with van der Waals surface area (Å²) in [6.45, 7) is 4.22. The van der Waals surface area contributed by atoms with E-state index in [4.69, 9.17) is 0 Å². The molecule has 3 aliphatic rings. The zero-order valence-corrected chi connectivity index (χ0v) is 11.6. The molecule has 0 saturated carbocycles. The molecule has 3 aliphatic carbocycles. The maximum atomic E-state index is 12.7. The minimum absolute atomic E-state index is 0.378. The largest absolute Gasteiger partial charge is 0.298 e. The average Bonchev–Trinajstić information content (AvgIpc) is 2.76. The van der Waals surface area contributed by atoms with Gasteiger partial charge in [-0.3, -0.25) is 4.79 Å². The fraction of sp³-hybridized carbons (Fsp3) is 0.316. The summed E-state index contributed by atoms with van der Waals surface area (Å²) in [7, 11) is 0. The number of hydrogen-bond acceptors (Lipinski definition) is 1. The van der Waals surface area contributed by atoms with Crippen LogP contribution < -0.4 is 0 Å². The fourth-order valence-corrected chi connectivity index (χ4v) is 4.05. The number of hydrogen-bond donors (Lipinski definition) is 0. The van der Waals surface area contributed by atoms with Crippen molar-refractivity contribution in [3.63, 3.8) is 0 Å². The highest BCUT2D eigenvalue weighted by Gasteiger charge is 2.46. The van der Waals surface area contributed by atoms with Crippen LogP contribution in [0.3, 0.4) is 0 Å². The first-order valence-corrected chi connectivity index (χ1v) is 7.44. The van der Waals surface area contributed by atoms with E-state index in [1.165, 1.54) is 22.3 Å². The van der Waals surface area contributed by atoms with Crippen molar-refractivity contribution in [2.75, 3.05) is 0 Å². The van der Waals surface area contributed by atoms with Crippen LogP contribution in [0.25, 0.3) is 11.6 Å². The Hall–Kier alpha value is -1.89. The Kier molecular flexibility index (Phi) is 2.41. The summed E-state index contributed by atoms with van der Waals surface area (Å²) in [5.74, 6) is 0.378. The Morgan fingerprint density at radius 2 is 1.95 bits per heavy atom. The van der Waals surface area contributed by atoms with Gasteiger partial charge in [-0.1, -0.05) is 43.0 Å². The first-order chi connectivity index (χ1) is 9.72. The van der Waals surface area contributed by atoms with Gasteiger partial charge in [0.2, 0.25) is 0 Å². The number of allylic oxidation sites excluding steroid dienone is 4. The van der Waals surface area contributed by atoms with Crippen molar-refractivity contribution >= 4 is 17.4 Å². The number of carbonyl (C=O) groups excluding carboxylic acids is 1. The number of ketones is 1. The molecule has 0 radical (unpaired) electrons. The van der Waals surface area contributed by atoms with Crippen molar-refractivity contribution in [2.24, 2.45) is 0 Å². The highest BCUT2D eigenvalue weighted by molar-refractivity contribution is 6.00. The van der Waals surface area contributed by atoms with E-state index < -0.39 is 5.41 Å². The molecule has 0 amide bonds. The number of benzene rings is 1. The molecule has 100 valence electrons. The molecule has 1 aromatic carbocycles. The van der Waals surface area contributed by atoms with Crippen LogP contribution in [-0.4, -0.2) is 5.78 Å². The first kappa shape index (κ1) is 11.9. The smallest absolute Gasteiger partial charge is 0.147 e. The van der Waals surface area contributed by atoms with Crippen molar-refractivity contribution < 1.29 is 4.79 Å². The molecule has 0 heterocycles. The third-order valence-corrected chi connectivity index (χ3v) is 4.96. The molecule has 1 spiro atoms. The number of rotatable bonds is 0. The molecule has 1 heteroatoms. The summed E-state index contributed by atoms with van der Waals surface area (Å²) < 4.78 is 0. The van der Waals surface area contributed by atoms with Gasteiger partial charge in [-0.15, -0.1) is 0 Å². The van der Waals surface area contributed by atoms with Crippen LogP contribution in [-0.2, 0) is 16.6 Å². The van der Waals surface area contributed by atoms with Gasteiger partial charge < -0.3 is 0 Å². The molecule has 0 bridgehead atoms. The second-order valence-corrected chi connectivity index (χ2v) is 6.11. The summed E-state index contributed by atoms with van der Waals surface area (Å²) in [6.07, 6.45) is 13.2. The van der Waals surface area contributed by atoms with Gasteiger partial charge in [-0.05, 0) is 53.5 Å². The van der Waals surface area contributed by atoms with E-state index in [0.717, 1.165) is 31.3 Å². The predicted molar refractivity (Wildman–Crippen MR) is 82.5 cm³/mol. The monoisotopic (exact) mass is 262 g/mol. The van der Waals surface area contributed by atoms with Crippen molar-refractivity contribution in [1.82, 2.24) is 0 Å². The Morgan fingerprint density at radius 3 is 2.80 bits per heavy atom. The fourth-order valence-electron chi connectivity index (χ4n) is 4.05. The van der Waals surface area contributed by atoms with Crippen LogP contribution in [0.15, 0.2) is 36.9 Å². The standard InChI is InChI=1S/C19H18O/c1-13-12-19(11-5-4-8-17(19)20)18-15(13)10-9-14-6-2-3-7-16(14)18/h2,5-6,9-11H,1,3-4,7-8,12H2. The molecule has 1 unspecified atom stereocenters. The van der Waals surface area contributed by atoms with Gasteiger partial charge in [0, 0.05) is 6.42 Å². The molecule has 1 nitrogen and oxygen atoms in total. The van der Waals surface area contributed by atoms with Crippen LogP contribution in [0.4, 0.5) is 0 Å². The second-order valence-electron chi connectivity index (χ2n) is 6.11. The Labute approximate surface area is 119 Å². The molecule has 4 rings (SSSR count). The van der Waals surface area contributed by atoms with E-state index in [2.05, 4.69) is 43.0 Å². The lowest BCUT2D eigenvalue weighted by molar-refractivity contribution is -0.123. The zero-order valence-electron chi connectivity index (χ0n) is 11.6. The lowest BCUT2D eigenvalue weighted by Gasteiger charge is -2.31. The van der Waals surface area contributed by atoms with E-state index in [9.17, 15) is 4.79 Å². The Morgan fingerprint density at radius 1 is 1.10 bits per heavy atom. The topological polar surface area (TPSA) is 17.1 Å². The van der Waals surface area contributed by atoms with Gasteiger partial charge in [0.1, 0.15) is 5.78 Å². The molecule has 0 N–H and O–H groups in total. The van der Waals surface area contributed by atoms with Gasteiger partial charge in [-0.25, -0.2) is 0 Å². The zero-order chi connectivity index (χ0) is 13.7. The first-order valence-electron chi connectivity index (χ1n) is 7.44. The van der Waals surface area contributed by atoms with E-state index in [-0.39, 0.29) is 0 Å². The molecule has 0 aromatic heterocycles. The molecular formula is C19H18O. The quantitative estimate of drug-likeness (QED) is 0.640. The normalized spacial score (nSPS) is 27.0. The third kappa shape index (κ3) is 1.41. The lowest BCUT2D eigenvalue weighted by Crippen LogP contribution is -2.34. The molecule has 0 fully saturated rings. The summed E-state index contributed by atoms with van der Waals surface area (Å²) in [5.41, 5.74) is 5.88. The van der Waals surface area contributed by atoms with Gasteiger partial charge in [0.25, 0.3) is 0 Å². The lowest BCUT2D eigenvalue weighted by atomic mass is 9.70. The van der Waals surface area contributed by atoms with Crippen LogP contribution in [0, 0.1) is 0 Å². The molecule has 0 saturated heterocycles. The third-order valence-electron chi connectivity index (χ3n) is 4.96. The Balaban J connectivity index is 2.04. The van der Waals surface area contributed by atoms with Crippen LogP contribution in [0.1, 0.15) is 47.9 Å². The van der Waals surface area contributed by atoms with Crippen molar-refractivity contribution in [1.29, 1.82) is 0 Å². The summed E-state index contributed by atoms with van der Waals surface area (Å²) in [6, 6.07) is 4.35. The van der Waals surface area contributed by atoms with E-state index >= 15 is 0 Å². The highest BCUT2D eigenvalue weighted by Crippen LogP contribution is 2.51. The number of carbonyl (C=O) groups is 1. The van der Waals surface area contributed by atoms with Crippen LogP contribution in [0.2, 0.25) is 0 Å². The maximum absolute atomic E-state index is 12.7. The van der Waals surface area contributed by atoms with Gasteiger partial charge in [0.05, 0.1) is 5.41 Å². The van der Waals surface area contributed by atoms with Gasteiger partial charge in [-0.2, -0.15) is 0 Å². The second kappa shape index (κ2) is 4.05. The van der Waals surface area contributed by atoms with E-state index in [1.807, 2.05) is 0 Å². The van der Waals surface area contributed by atoms with E-state index in [0.29, 0.717) is 12.2 Å². The van der Waals surface area contributed by atoms with Crippen molar-refractivity contribution in [2.45, 2.75) is 37.5 Å². The molecule has 20 heavy (non-hydrogen) atoms. The number of fused-ring (bicyclic) bond motifs is 4. The summed E-state index contributed by atoms with van der Waals surface area (Å²) >= 11 is 0. The minimum Gasteiger partial charge on any atom is -0.298 e. The van der Waals surface area contributed by atoms with Crippen molar-refractivity contribution in [3.8, 4) is 0 Å². The van der Waals surface area contributed by atoms with Crippen molar-refractivity contribution in [3.05, 3.63) is 59.2 Å². The van der Waals surface area contributed by atoms with Crippen LogP contribution in [0.5, 0.6) is 0 Å². The van der Waals surface area contributed by atoms with E-state index in [1.54, 1.807) is 0 Å². The van der Waals surface area contributed by atoms with Gasteiger partial charge >= 0.3 is 0 Å².